The molecule has 1 heterocycles. The molecule has 114 valence electrons. The van der Waals surface area contributed by atoms with Gasteiger partial charge in [-0.2, -0.15) is 0 Å². The van der Waals surface area contributed by atoms with Gasteiger partial charge in [0.1, 0.15) is 5.54 Å². The maximum Gasteiger partial charge on any atom is 0.329 e. The van der Waals surface area contributed by atoms with Crippen molar-refractivity contribution >= 4 is 11.9 Å². The minimum absolute atomic E-state index is 0.158. The fraction of sp³-hybridized carbons (Fsp3) is 0.867. The van der Waals surface area contributed by atoms with Crippen LogP contribution in [0, 0.1) is 5.92 Å². The highest BCUT2D eigenvalue weighted by atomic mass is 16.4. The van der Waals surface area contributed by atoms with E-state index in [0.717, 1.165) is 38.6 Å². The number of hydrogen-bond donors (Lipinski definition) is 3. The summed E-state index contributed by atoms with van der Waals surface area (Å²) in [6.45, 7) is 4.83. The van der Waals surface area contributed by atoms with Crippen LogP contribution in [0.5, 0.6) is 0 Å². The highest BCUT2D eigenvalue weighted by Gasteiger charge is 2.46. The van der Waals surface area contributed by atoms with Gasteiger partial charge >= 0.3 is 5.97 Å². The van der Waals surface area contributed by atoms with E-state index in [2.05, 4.69) is 17.6 Å². The molecule has 2 fully saturated rings. The number of carboxylic acids is 1. The van der Waals surface area contributed by atoms with Gasteiger partial charge in [0.2, 0.25) is 5.91 Å². The van der Waals surface area contributed by atoms with Crippen LogP contribution >= 0.6 is 0 Å². The Morgan fingerprint density at radius 2 is 1.85 bits per heavy atom. The van der Waals surface area contributed by atoms with Gasteiger partial charge in [0, 0.05) is 0 Å². The van der Waals surface area contributed by atoms with E-state index in [1.807, 2.05) is 6.92 Å². The molecular weight excluding hydrogens is 256 g/mol. The van der Waals surface area contributed by atoms with E-state index in [1.165, 1.54) is 0 Å². The maximum atomic E-state index is 12.5. The van der Waals surface area contributed by atoms with Crippen molar-refractivity contribution in [3.05, 3.63) is 0 Å². The van der Waals surface area contributed by atoms with Gasteiger partial charge in [0.05, 0.1) is 5.54 Å². The zero-order valence-electron chi connectivity index (χ0n) is 12.5. The van der Waals surface area contributed by atoms with Crippen molar-refractivity contribution in [3.63, 3.8) is 0 Å². The van der Waals surface area contributed by atoms with Crippen molar-refractivity contribution in [2.24, 2.45) is 5.92 Å². The summed E-state index contributed by atoms with van der Waals surface area (Å²) in [5.41, 5.74) is -1.69. The molecule has 1 amide bonds. The average molecular weight is 282 g/mol. The van der Waals surface area contributed by atoms with E-state index in [4.69, 9.17) is 0 Å². The molecule has 1 saturated carbocycles. The highest BCUT2D eigenvalue weighted by molar-refractivity contribution is 5.92. The smallest absolute Gasteiger partial charge is 0.329 e. The van der Waals surface area contributed by atoms with E-state index in [1.54, 1.807) is 0 Å². The van der Waals surface area contributed by atoms with Crippen LogP contribution in [0.2, 0.25) is 0 Å². The van der Waals surface area contributed by atoms with Crippen LogP contribution in [0.4, 0.5) is 0 Å². The van der Waals surface area contributed by atoms with Gasteiger partial charge in [-0.3, -0.25) is 4.79 Å². The molecule has 5 heteroatoms. The zero-order valence-corrected chi connectivity index (χ0v) is 12.5. The van der Waals surface area contributed by atoms with Crippen molar-refractivity contribution in [2.75, 3.05) is 6.54 Å². The molecule has 1 saturated heterocycles. The van der Waals surface area contributed by atoms with Crippen molar-refractivity contribution in [1.29, 1.82) is 0 Å². The average Bonchev–Trinajstić information content (AvgIpc) is 2.42. The number of piperidine rings is 1. The molecule has 0 radical (unpaired) electrons. The molecule has 0 aromatic carbocycles. The molecule has 1 atom stereocenters. The standard InChI is InChI=1S/C15H26N2O3/c1-11-5-8-15(9-6-11,13(19)20)17-12(18)14(2)7-3-4-10-16-14/h11,16H,3-10H2,1-2H3,(H,17,18)(H,19,20). The van der Waals surface area contributed by atoms with Crippen LogP contribution in [0.1, 0.15) is 58.8 Å². The number of nitrogens with one attached hydrogen (secondary N) is 2. The lowest BCUT2D eigenvalue weighted by molar-refractivity contribution is -0.151. The summed E-state index contributed by atoms with van der Waals surface area (Å²) in [5, 5.41) is 15.7. The lowest BCUT2D eigenvalue weighted by Crippen LogP contribution is -2.64. The molecule has 2 aliphatic rings. The molecule has 0 bridgehead atoms. The van der Waals surface area contributed by atoms with Crippen LogP contribution in [0.25, 0.3) is 0 Å². The molecule has 1 unspecified atom stereocenters. The Kier molecular flexibility index (Phi) is 4.37. The van der Waals surface area contributed by atoms with E-state index in [9.17, 15) is 14.7 Å². The van der Waals surface area contributed by atoms with Gasteiger partial charge in [-0.05, 0) is 64.3 Å². The number of amides is 1. The van der Waals surface area contributed by atoms with Crippen LogP contribution < -0.4 is 10.6 Å². The summed E-state index contributed by atoms with van der Waals surface area (Å²) in [7, 11) is 0. The van der Waals surface area contributed by atoms with E-state index < -0.39 is 17.0 Å². The number of carboxylic acid groups (broad SMARTS) is 1. The monoisotopic (exact) mass is 282 g/mol. The number of carbonyl (C=O) groups excluding carboxylic acids is 1. The van der Waals surface area contributed by atoms with Crippen LogP contribution in [-0.2, 0) is 9.59 Å². The molecular formula is C15H26N2O3. The normalized spacial score (nSPS) is 38.2. The Morgan fingerprint density at radius 1 is 1.20 bits per heavy atom. The van der Waals surface area contributed by atoms with E-state index >= 15 is 0 Å². The van der Waals surface area contributed by atoms with E-state index in [-0.39, 0.29) is 5.91 Å². The summed E-state index contributed by atoms with van der Waals surface area (Å²) in [4.78, 5) is 24.2. The first-order valence-electron chi connectivity index (χ1n) is 7.69. The van der Waals surface area contributed by atoms with Gasteiger partial charge in [-0.15, -0.1) is 0 Å². The second-order valence-corrected chi connectivity index (χ2v) is 6.74. The Labute approximate surface area is 120 Å². The molecule has 5 nitrogen and oxygen atoms in total. The quantitative estimate of drug-likeness (QED) is 0.736. The molecule has 1 aliphatic heterocycles. The van der Waals surface area contributed by atoms with Crippen molar-refractivity contribution in [2.45, 2.75) is 69.9 Å². The zero-order chi connectivity index (χ0) is 14.8. The third-order valence-corrected chi connectivity index (χ3v) is 5.01. The Balaban J connectivity index is 2.08. The summed E-state index contributed by atoms with van der Waals surface area (Å²) >= 11 is 0. The first kappa shape index (κ1) is 15.3. The predicted molar refractivity (Wildman–Crippen MR) is 76.4 cm³/mol. The van der Waals surface area contributed by atoms with Crippen molar-refractivity contribution < 1.29 is 14.7 Å². The third kappa shape index (κ3) is 2.97. The number of rotatable bonds is 3. The first-order chi connectivity index (χ1) is 9.38. The summed E-state index contributed by atoms with van der Waals surface area (Å²) in [6.07, 6.45) is 5.63. The summed E-state index contributed by atoms with van der Waals surface area (Å²) in [6, 6.07) is 0. The lowest BCUT2D eigenvalue weighted by atomic mass is 9.76. The minimum Gasteiger partial charge on any atom is -0.480 e. The Morgan fingerprint density at radius 3 is 2.35 bits per heavy atom. The predicted octanol–water partition coefficient (Wildman–Crippen LogP) is 1.67. The minimum atomic E-state index is -1.06. The van der Waals surface area contributed by atoms with Gasteiger partial charge in [-0.1, -0.05) is 6.92 Å². The molecule has 0 aromatic rings. The molecule has 3 N–H and O–H groups in total. The molecule has 2 rings (SSSR count). The molecule has 0 spiro atoms. The van der Waals surface area contributed by atoms with Crippen LogP contribution in [0.15, 0.2) is 0 Å². The Hall–Kier alpha value is -1.10. The van der Waals surface area contributed by atoms with Gasteiger partial charge in [0.25, 0.3) is 0 Å². The van der Waals surface area contributed by atoms with E-state index in [0.29, 0.717) is 18.8 Å². The van der Waals surface area contributed by atoms with Gasteiger partial charge in [0.15, 0.2) is 0 Å². The largest absolute Gasteiger partial charge is 0.480 e. The second kappa shape index (κ2) is 5.72. The van der Waals surface area contributed by atoms with Gasteiger partial charge in [-0.25, -0.2) is 4.79 Å². The van der Waals surface area contributed by atoms with Crippen molar-refractivity contribution in [1.82, 2.24) is 10.6 Å². The summed E-state index contributed by atoms with van der Waals surface area (Å²) < 4.78 is 0. The molecule has 20 heavy (non-hydrogen) atoms. The second-order valence-electron chi connectivity index (χ2n) is 6.74. The molecule has 0 aromatic heterocycles. The Bertz CT molecular complexity index is 381. The van der Waals surface area contributed by atoms with Crippen molar-refractivity contribution in [3.8, 4) is 0 Å². The number of aliphatic carboxylic acids is 1. The summed E-state index contributed by atoms with van der Waals surface area (Å²) in [5.74, 6) is -0.505. The highest BCUT2D eigenvalue weighted by Crippen LogP contribution is 2.33. The van der Waals surface area contributed by atoms with Crippen LogP contribution in [-0.4, -0.2) is 34.6 Å². The number of carbonyl (C=O) groups is 2. The fourth-order valence-corrected chi connectivity index (χ4v) is 3.25. The third-order valence-electron chi connectivity index (χ3n) is 5.01. The lowest BCUT2D eigenvalue weighted by Gasteiger charge is -2.41. The van der Waals surface area contributed by atoms with Gasteiger partial charge < -0.3 is 15.7 Å². The molecule has 1 aliphatic carbocycles. The number of hydrogen-bond acceptors (Lipinski definition) is 3. The first-order valence-corrected chi connectivity index (χ1v) is 7.69. The maximum absolute atomic E-state index is 12.5. The SMILES string of the molecule is CC1CCC(NC(=O)C2(C)CCCCN2)(C(=O)O)CC1. The topological polar surface area (TPSA) is 78.4 Å². The van der Waals surface area contributed by atoms with Crippen LogP contribution in [0.3, 0.4) is 0 Å². The fourth-order valence-electron chi connectivity index (χ4n) is 3.25.